The molecule has 0 amide bonds. The van der Waals surface area contributed by atoms with E-state index in [-0.39, 0.29) is 11.5 Å². The summed E-state index contributed by atoms with van der Waals surface area (Å²) in [6.45, 7) is 5.56. The monoisotopic (exact) mass is 362 g/mol. The van der Waals surface area contributed by atoms with Crippen molar-refractivity contribution >= 4 is 22.6 Å². The van der Waals surface area contributed by atoms with Crippen LogP contribution < -0.4 is 5.32 Å². The van der Waals surface area contributed by atoms with E-state index >= 15 is 0 Å². The zero-order chi connectivity index (χ0) is 19.2. The molecule has 3 rings (SSSR count). The Bertz CT molecular complexity index is 1050. The van der Waals surface area contributed by atoms with Crippen LogP contribution in [0.3, 0.4) is 0 Å². The topological polar surface area (TPSA) is 79.0 Å². The molecule has 0 fully saturated rings. The maximum atomic E-state index is 13.5. The van der Waals surface area contributed by atoms with Gasteiger partial charge in [-0.15, -0.1) is 0 Å². The molecule has 0 saturated carbocycles. The molecular formula is C20H19FN6. The molecule has 0 aromatic carbocycles. The van der Waals surface area contributed by atoms with Crippen LogP contribution in [0.15, 0.2) is 72.8 Å². The second-order valence-electron chi connectivity index (χ2n) is 5.74. The van der Waals surface area contributed by atoms with Crippen molar-refractivity contribution in [1.29, 1.82) is 5.41 Å². The highest BCUT2D eigenvalue weighted by Crippen LogP contribution is 2.14. The van der Waals surface area contributed by atoms with E-state index in [1.165, 1.54) is 12.1 Å². The Hall–Kier alpha value is -3.61. The van der Waals surface area contributed by atoms with Gasteiger partial charge in [0.05, 0.1) is 17.8 Å². The van der Waals surface area contributed by atoms with Crippen molar-refractivity contribution in [2.75, 3.05) is 6.54 Å². The molecule has 3 aromatic heterocycles. The fourth-order valence-corrected chi connectivity index (χ4v) is 2.53. The Morgan fingerprint density at radius 2 is 2.22 bits per heavy atom. The van der Waals surface area contributed by atoms with Crippen LogP contribution in [0.5, 0.6) is 0 Å². The molecular weight excluding hydrogens is 343 g/mol. The summed E-state index contributed by atoms with van der Waals surface area (Å²) >= 11 is 0. The molecule has 0 aliphatic heterocycles. The van der Waals surface area contributed by atoms with Gasteiger partial charge in [-0.05, 0) is 43.5 Å². The van der Waals surface area contributed by atoms with Crippen LogP contribution in [-0.2, 0) is 0 Å². The van der Waals surface area contributed by atoms with Gasteiger partial charge in [-0.1, -0.05) is 12.7 Å². The summed E-state index contributed by atoms with van der Waals surface area (Å²) in [6, 6.07) is 6.56. The van der Waals surface area contributed by atoms with Gasteiger partial charge >= 0.3 is 0 Å². The highest BCUT2D eigenvalue weighted by molar-refractivity contribution is 6.07. The first kappa shape index (κ1) is 18.2. The third kappa shape index (κ3) is 4.14. The average Bonchev–Trinajstić information content (AvgIpc) is 3.10. The largest absolute Gasteiger partial charge is 0.384 e. The van der Waals surface area contributed by atoms with Crippen LogP contribution in [0.2, 0.25) is 0 Å². The number of nitrogens with zero attached hydrogens (tertiary/aromatic N) is 4. The molecule has 7 heteroatoms. The van der Waals surface area contributed by atoms with Gasteiger partial charge in [0.2, 0.25) is 0 Å². The van der Waals surface area contributed by atoms with Gasteiger partial charge in [-0.25, -0.2) is 14.4 Å². The first-order valence-electron chi connectivity index (χ1n) is 8.32. The van der Waals surface area contributed by atoms with E-state index in [0.29, 0.717) is 18.1 Å². The first-order chi connectivity index (χ1) is 13.1. The lowest BCUT2D eigenvalue weighted by molar-refractivity contribution is 0.609. The number of allylic oxidation sites excluding steroid dienone is 2. The number of fused-ring (bicyclic) bond motifs is 1. The lowest BCUT2D eigenvalue weighted by Gasteiger charge is -2.11. The van der Waals surface area contributed by atoms with Crippen molar-refractivity contribution in [2.45, 2.75) is 6.92 Å². The number of hydrogen-bond donors (Lipinski definition) is 2. The van der Waals surface area contributed by atoms with Gasteiger partial charge < -0.3 is 9.88 Å². The van der Waals surface area contributed by atoms with Crippen molar-refractivity contribution in [2.24, 2.45) is 4.99 Å². The van der Waals surface area contributed by atoms with E-state index in [9.17, 15) is 4.39 Å². The predicted molar refractivity (Wildman–Crippen MR) is 106 cm³/mol. The fraction of sp³-hybridized carbons (Fsp3) is 0.100. The van der Waals surface area contributed by atoms with Gasteiger partial charge in [0.1, 0.15) is 17.3 Å². The first-order valence-corrected chi connectivity index (χ1v) is 8.32. The Morgan fingerprint density at radius 3 is 3.00 bits per heavy atom. The number of rotatable bonds is 5. The maximum Gasteiger partial charge on any atom is 0.172 e. The van der Waals surface area contributed by atoms with E-state index in [1.807, 2.05) is 22.9 Å². The SMILES string of the molecule is C=C/C=C\NCC(=NC(=N)c1ccc(F)c(C)n1)n1ccc2cnccc21. The minimum Gasteiger partial charge on any atom is -0.384 e. The second kappa shape index (κ2) is 8.18. The summed E-state index contributed by atoms with van der Waals surface area (Å²) < 4.78 is 15.3. The minimum absolute atomic E-state index is 0.0430. The van der Waals surface area contributed by atoms with E-state index in [0.717, 1.165) is 10.9 Å². The standard InChI is InChI=1S/C20H19FN6/c1-3-4-9-23-13-19(27-11-8-15-12-24-10-7-18(15)27)26-20(22)17-6-5-16(21)14(2)25-17/h3-12,22-23H,1,13H2,2H3/b9-4-,22-20?,26-19?. The fourth-order valence-electron chi connectivity index (χ4n) is 2.53. The van der Waals surface area contributed by atoms with Gasteiger partial charge in [0.25, 0.3) is 0 Å². The van der Waals surface area contributed by atoms with E-state index < -0.39 is 5.82 Å². The van der Waals surface area contributed by atoms with Gasteiger partial charge in [0.15, 0.2) is 5.84 Å². The number of aryl methyl sites for hydroxylation is 1. The summed E-state index contributed by atoms with van der Waals surface area (Å²) in [6.07, 6.45) is 10.5. The number of halogens is 1. The molecule has 0 aliphatic rings. The van der Waals surface area contributed by atoms with Gasteiger partial charge in [-0.3, -0.25) is 10.4 Å². The third-order valence-electron chi connectivity index (χ3n) is 3.88. The molecule has 2 N–H and O–H groups in total. The molecule has 0 atom stereocenters. The average molecular weight is 362 g/mol. The van der Waals surface area contributed by atoms with Crippen molar-refractivity contribution in [3.8, 4) is 0 Å². The molecule has 3 aromatic rings. The summed E-state index contributed by atoms with van der Waals surface area (Å²) in [4.78, 5) is 12.7. The van der Waals surface area contributed by atoms with E-state index in [4.69, 9.17) is 5.41 Å². The van der Waals surface area contributed by atoms with E-state index in [1.54, 1.807) is 37.7 Å². The second-order valence-corrected chi connectivity index (χ2v) is 5.74. The summed E-state index contributed by atoms with van der Waals surface area (Å²) in [7, 11) is 0. The van der Waals surface area contributed by atoms with Crippen molar-refractivity contribution in [3.63, 3.8) is 0 Å². The lowest BCUT2D eigenvalue weighted by atomic mass is 10.3. The molecule has 0 radical (unpaired) electrons. The summed E-state index contributed by atoms with van der Waals surface area (Å²) in [5, 5.41) is 12.4. The minimum atomic E-state index is -0.407. The van der Waals surface area contributed by atoms with Crippen LogP contribution in [-0.4, -0.2) is 32.8 Å². The number of aromatic nitrogens is 3. The third-order valence-corrected chi connectivity index (χ3v) is 3.88. The zero-order valence-corrected chi connectivity index (χ0v) is 14.9. The van der Waals surface area contributed by atoms with Crippen molar-refractivity contribution in [1.82, 2.24) is 19.9 Å². The van der Waals surface area contributed by atoms with Crippen LogP contribution >= 0.6 is 0 Å². The van der Waals surface area contributed by atoms with Gasteiger partial charge in [-0.2, -0.15) is 0 Å². The number of hydrogen-bond acceptors (Lipinski definition) is 4. The Morgan fingerprint density at radius 1 is 1.37 bits per heavy atom. The van der Waals surface area contributed by atoms with Crippen molar-refractivity contribution in [3.05, 3.63) is 85.0 Å². The summed E-state index contributed by atoms with van der Waals surface area (Å²) in [5.74, 6) is 0.146. The lowest BCUT2D eigenvalue weighted by Crippen LogP contribution is -2.25. The molecule has 136 valence electrons. The highest BCUT2D eigenvalue weighted by atomic mass is 19.1. The molecule has 0 aliphatic carbocycles. The van der Waals surface area contributed by atoms with Crippen LogP contribution in [0, 0.1) is 18.2 Å². The molecule has 0 unspecified atom stereocenters. The molecule has 6 nitrogen and oxygen atoms in total. The highest BCUT2D eigenvalue weighted by Gasteiger charge is 2.11. The van der Waals surface area contributed by atoms with Crippen molar-refractivity contribution < 1.29 is 4.39 Å². The number of amidine groups is 1. The quantitative estimate of drug-likeness (QED) is 0.415. The maximum absolute atomic E-state index is 13.5. The molecule has 0 saturated heterocycles. The van der Waals surface area contributed by atoms with E-state index in [2.05, 4.69) is 26.9 Å². The summed E-state index contributed by atoms with van der Waals surface area (Å²) in [5.41, 5.74) is 1.47. The molecule has 0 bridgehead atoms. The zero-order valence-electron chi connectivity index (χ0n) is 14.9. The molecule has 27 heavy (non-hydrogen) atoms. The van der Waals surface area contributed by atoms with Crippen LogP contribution in [0.1, 0.15) is 11.4 Å². The van der Waals surface area contributed by atoms with Gasteiger partial charge in [0, 0.05) is 24.0 Å². The molecule has 0 spiro atoms. The predicted octanol–water partition coefficient (Wildman–Crippen LogP) is 3.44. The Labute approximate surface area is 156 Å². The number of nitrogens with one attached hydrogen (secondary N) is 2. The van der Waals surface area contributed by atoms with Crippen LogP contribution in [0.25, 0.3) is 10.9 Å². The Kier molecular flexibility index (Phi) is 5.51. The molecule has 3 heterocycles. The number of pyridine rings is 2. The van der Waals surface area contributed by atoms with Crippen LogP contribution in [0.4, 0.5) is 4.39 Å². The normalized spacial score (nSPS) is 11.9. The smallest absolute Gasteiger partial charge is 0.172 e. The number of aliphatic imine (C=N–C) groups is 1. The Balaban J connectivity index is 1.99.